The number of hydrogen-bond acceptors (Lipinski definition) is 4. The van der Waals surface area contributed by atoms with Crippen LogP contribution in [0, 0.1) is 5.82 Å². The summed E-state index contributed by atoms with van der Waals surface area (Å²) in [6.07, 6.45) is 0. The van der Waals surface area contributed by atoms with E-state index >= 15 is 0 Å². The van der Waals surface area contributed by atoms with E-state index in [4.69, 9.17) is 4.74 Å². The quantitative estimate of drug-likeness (QED) is 0.563. The molecule has 0 aliphatic heterocycles. The second-order valence-corrected chi connectivity index (χ2v) is 7.11. The first kappa shape index (κ1) is 18.3. The molecule has 26 heavy (non-hydrogen) atoms. The molecule has 0 bridgehead atoms. The van der Waals surface area contributed by atoms with Crippen molar-refractivity contribution in [2.45, 2.75) is 0 Å². The van der Waals surface area contributed by atoms with Gasteiger partial charge in [0.2, 0.25) is 0 Å². The lowest BCUT2D eigenvalue weighted by Gasteiger charge is -2.08. The van der Waals surface area contributed by atoms with Crippen LogP contribution in [0.25, 0.3) is 11.1 Å². The number of methoxy groups -OCH3 is 1. The van der Waals surface area contributed by atoms with Crippen LogP contribution in [-0.4, -0.2) is 19.0 Å². The van der Waals surface area contributed by atoms with E-state index in [2.05, 4.69) is 21.2 Å². The fourth-order valence-electron chi connectivity index (χ4n) is 2.37. The lowest BCUT2D eigenvalue weighted by atomic mass is 10.0. The van der Waals surface area contributed by atoms with Gasteiger partial charge in [-0.1, -0.05) is 28.1 Å². The van der Waals surface area contributed by atoms with Gasteiger partial charge in [-0.3, -0.25) is 4.79 Å². The van der Waals surface area contributed by atoms with E-state index in [0.717, 1.165) is 10.0 Å². The van der Waals surface area contributed by atoms with Gasteiger partial charge in [-0.25, -0.2) is 9.18 Å². The number of benzene rings is 2. The predicted octanol–water partition coefficient (Wildman–Crippen LogP) is 5.36. The maximum absolute atomic E-state index is 13.0. The Morgan fingerprint density at radius 2 is 1.73 bits per heavy atom. The zero-order chi connectivity index (χ0) is 18.7. The first-order chi connectivity index (χ1) is 12.5. The molecule has 3 rings (SSSR count). The number of carbonyl (C=O) groups excluding carboxylic acids is 2. The van der Waals surface area contributed by atoms with E-state index in [1.54, 1.807) is 5.38 Å². The summed E-state index contributed by atoms with van der Waals surface area (Å²) < 4.78 is 18.8. The molecule has 3 aromatic rings. The second kappa shape index (κ2) is 7.80. The summed E-state index contributed by atoms with van der Waals surface area (Å²) in [6, 6.07) is 12.6. The molecule has 0 aliphatic carbocycles. The van der Waals surface area contributed by atoms with E-state index in [-0.39, 0.29) is 5.56 Å². The number of thiophene rings is 1. The first-order valence-electron chi connectivity index (χ1n) is 7.52. The Morgan fingerprint density at radius 1 is 1.08 bits per heavy atom. The Balaban J connectivity index is 1.96. The molecule has 0 spiro atoms. The van der Waals surface area contributed by atoms with Crippen molar-refractivity contribution < 1.29 is 18.7 Å². The minimum Gasteiger partial charge on any atom is -0.465 e. The first-order valence-corrected chi connectivity index (χ1v) is 9.19. The van der Waals surface area contributed by atoms with Gasteiger partial charge in [-0.15, -0.1) is 11.3 Å². The average molecular weight is 434 g/mol. The lowest BCUT2D eigenvalue weighted by Crippen LogP contribution is -2.14. The summed E-state index contributed by atoms with van der Waals surface area (Å²) in [5.41, 5.74) is 2.08. The van der Waals surface area contributed by atoms with E-state index < -0.39 is 17.7 Å². The van der Waals surface area contributed by atoms with Crippen LogP contribution in [0.1, 0.15) is 20.7 Å². The maximum Gasteiger partial charge on any atom is 0.341 e. The summed E-state index contributed by atoms with van der Waals surface area (Å²) in [5, 5.41) is 4.88. The molecular weight excluding hydrogens is 421 g/mol. The molecule has 0 saturated carbocycles. The third-order valence-electron chi connectivity index (χ3n) is 3.67. The molecule has 1 N–H and O–H groups in total. The van der Waals surface area contributed by atoms with Gasteiger partial charge in [0.05, 0.1) is 7.11 Å². The monoisotopic (exact) mass is 433 g/mol. The minimum atomic E-state index is -0.543. The molecule has 0 aliphatic rings. The van der Waals surface area contributed by atoms with Crippen molar-refractivity contribution in [3.05, 3.63) is 75.3 Å². The van der Waals surface area contributed by atoms with Crippen LogP contribution in [0.15, 0.2) is 58.4 Å². The van der Waals surface area contributed by atoms with Crippen molar-refractivity contribution >= 4 is 44.1 Å². The number of amides is 1. The molecule has 1 aromatic heterocycles. The third kappa shape index (κ3) is 3.84. The van der Waals surface area contributed by atoms with Crippen molar-refractivity contribution in [2.75, 3.05) is 12.4 Å². The number of rotatable bonds is 4. The Bertz CT molecular complexity index is 952. The number of carbonyl (C=O) groups is 2. The zero-order valence-corrected chi connectivity index (χ0v) is 16.0. The molecule has 0 saturated heterocycles. The maximum atomic E-state index is 13.0. The molecule has 4 nitrogen and oxygen atoms in total. The van der Waals surface area contributed by atoms with Gasteiger partial charge in [-0.2, -0.15) is 0 Å². The zero-order valence-electron chi connectivity index (χ0n) is 13.6. The topological polar surface area (TPSA) is 55.4 Å². The van der Waals surface area contributed by atoms with Crippen molar-refractivity contribution in [1.82, 2.24) is 0 Å². The molecule has 1 heterocycles. The fourth-order valence-corrected chi connectivity index (χ4v) is 3.59. The van der Waals surface area contributed by atoms with Gasteiger partial charge >= 0.3 is 5.97 Å². The summed E-state index contributed by atoms with van der Waals surface area (Å²) in [7, 11) is 1.29. The standard InChI is InChI=1S/C19H13BrFNO3S/c1-25-19(24)16-15(11-2-6-13(20)7-3-11)10-26-18(16)22-17(23)12-4-8-14(21)9-5-12/h2-10H,1H3,(H,22,23). The van der Waals surface area contributed by atoms with Crippen LogP contribution in [-0.2, 0) is 4.74 Å². The smallest absolute Gasteiger partial charge is 0.341 e. The summed E-state index contributed by atoms with van der Waals surface area (Å²) >= 11 is 4.60. The van der Waals surface area contributed by atoms with E-state index in [0.29, 0.717) is 16.1 Å². The van der Waals surface area contributed by atoms with Crippen molar-refractivity contribution in [2.24, 2.45) is 0 Å². The fraction of sp³-hybridized carbons (Fsp3) is 0.0526. The molecule has 132 valence electrons. The molecule has 0 unspecified atom stereocenters. The van der Waals surface area contributed by atoms with Gasteiger partial charge in [0.15, 0.2) is 0 Å². The molecule has 7 heteroatoms. The van der Waals surface area contributed by atoms with Crippen molar-refractivity contribution in [3.63, 3.8) is 0 Å². The van der Waals surface area contributed by atoms with Gasteiger partial charge in [0, 0.05) is 21.0 Å². The summed E-state index contributed by atoms with van der Waals surface area (Å²) in [4.78, 5) is 24.7. The van der Waals surface area contributed by atoms with Crippen molar-refractivity contribution in [1.29, 1.82) is 0 Å². The largest absolute Gasteiger partial charge is 0.465 e. The Labute approximate surface area is 161 Å². The normalized spacial score (nSPS) is 10.4. The van der Waals surface area contributed by atoms with Crippen molar-refractivity contribution in [3.8, 4) is 11.1 Å². The molecule has 2 aromatic carbocycles. The van der Waals surface area contributed by atoms with Crippen LogP contribution < -0.4 is 5.32 Å². The molecule has 0 atom stereocenters. The Morgan fingerprint density at radius 3 is 2.35 bits per heavy atom. The molecular formula is C19H13BrFNO3S. The minimum absolute atomic E-state index is 0.287. The number of anilines is 1. The Kier molecular flexibility index (Phi) is 5.49. The van der Waals surface area contributed by atoms with Crippen LogP contribution in [0.5, 0.6) is 0 Å². The van der Waals surface area contributed by atoms with Crippen LogP contribution in [0.4, 0.5) is 9.39 Å². The van der Waals surface area contributed by atoms with E-state index in [9.17, 15) is 14.0 Å². The van der Waals surface area contributed by atoms with Gasteiger partial charge in [0.1, 0.15) is 16.4 Å². The number of esters is 1. The highest BCUT2D eigenvalue weighted by atomic mass is 79.9. The summed E-state index contributed by atoms with van der Waals surface area (Å²) in [6.45, 7) is 0. The SMILES string of the molecule is COC(=O)c1c(-c2ccc(Br)cc2)csc1NC(=O)c1ccc(F)cc1. The Hall–Kier alpha value is -2.51. The van der Waals surface area contributed by atoms with Gasteiger partial charge in [-0.05, 0) is 42.0 Å². The second-order valence-electron chi connectivity index (χ2n) is 5.31. The van der Waals surface area contributed by atoms with E-state index in [1.807, 2.05) is 24.3 Å². The highest BCUT2D eigenvalue weighted by Crippen LogP contribution is 2.36. The third-order valence-corrected chi connectivity index (χ3v) is 5.09. The van der Waals surface area contributed by atoms with Crippen LogP contribution in [0.2, 0.25) is 0 Å². The number of hydrogen-bond donors (Lipinski definition) is 1. The van der Waals surface area contributed by atoms with Gasteiger partial charge < -0.3 is 10.1 Å². The average Bonchev–Trinajstić information content (AvgIpc) is 3.05. The number of halogens is 2. The highest BCUT2D eigenvalue weighted by molar-refractivity contribution is 9.10. The number of nitrogens with one attached hydrogen (secondary N) is 1. The highest BCUT2D eigenvalue weighted by Gasteiger charge is 2.22. The van der Waals surface area contributed by atoms with Crippen LogP contribution in [0.3, 0.4) is 0 Å². The van der Waals surface area contributed by atoms with E-state index in [1.165, 1.54) is 42.7 Å². The lowest BCUT2D eigenvalue weighted by molar-refractivity contribution is 0.0603. The number of ether oxygens (including phenoxy) is 1. The summed E-state index contributed by atoms with van der Waals surface area (Å²) in [5.74, 6) is -1.40. The van der Waals surface area contributed by atoms with Crippen LogP contribution >= 0.6 is 27.3 Å². The predicted molar refractivity (Wildman–Crippen MR) is 103 cm³/mol. The van der Waals surface area contributed by atoms with Gasteiger partial charge in [0.25, 0.3) is 5.91 Å². The molecule has 0 radical (unpaired) electrons. The molecule has 1 amide bonds. The molecule has 0 fully saturated rings.